The Morgan fingerprint density at radius 3 is 3.26 bits per heavy atom. The number of alkyl halides is 1. The van der Waals surface area contributed by atoms with Gasteiger partial charge in [0.05, 0.1) is 36.5 Å². The maximum absolute atomic E-state index is 12.6. The number of rotatable bonds is 2. The first-order valence-corrected chi connectivity index (χ1v) is 6.72. The van der Waals surface area contributed by atoms with Crippen LogP contribution in [0.3, 0.4) is 0 Å². The Labute approximate surface area is 115 Å². The second-order valence-corrected chi connectivity index (χ2v) is 4.78. The van der Waals surface area contributed by atoms with Crippen molar-refractivity contribution >= 4 is 23.0 Å². The van der Waals surface area contributed by atoms with E-state index in [4.69, 9.17) is 16.3 Å². The summed E-state index contributed by atoms with van der Waals surface area (Å²) in [4.78, 5) is 14.4. The van der Waals surface area contributed by atoms with Crippen molar-refractivity contribution in [1.82, 2.24) is 14.5 Å². The van der Waals surface area contributed by atoms with Gasteiger partial charge in [-0.15, -0.1) is 11.6 Å². The number of morpholine rings is 1. The average molecular weight is 280 g/mol. The normalized spacial score (nSPS) is 19.8. The number of aromatic nitrogens is 2. The van der Waals surface area contributed by atoms with Gasteiger partial charge in [-0.3, -0.25) is 4.79 Å². The molecule has 0 spiro atoms. The van der Waals surface area contributed by atoms with Crippen LogP contribution in [0, 0.1) is 0 Å². The summed E-state index contributed by atoms with van der Waals surface area (Å²) in [6.45, 7) is 1.62. The molecule has 19 heavy (non-hydrogen) atoms. The van der Waals surface area contributed by atoms with Gasteiger partial charge in [-0.25, -0.2) is 4.52 Å². The summed E-state index contributed by atoms with van der Waals surface area (Å²) in [7, 11) is 0. The third-order valence-corrected chi connectivity index (χ3v) is 3.68. The summed E-state index contributed by atoms with van der Waals surface area (Å²) in [6, 6.07) is 5.59. The van der Waals surface area contributed by atoms with E-state index >= 15 is 0 Å². The molecule has 0 aromatic carbocycles. The number of nitrogens with zero attached hydrogens (tertiary/aromatic N) is 3. The maximum Gasteiger partial charge on any atom is 0.258 e. The van der Waals surface area contributed by atoms with E-state index in [0.717, 1.165) is 5.52 Å². The quantitative estimate of drug-likeness (QED) is 0.781. The number of hydrogen-bond acceptors (Lipinski definition) is 3. The molecule has 1 aliphatic heterocycles. The Hall–Kier alpha value is -1.59. The summed E-state index contributed by atoms with van der Waals surface area (Å²) in [5.74, 6) is 0.348. The van der Waals surface area contributed by atoms with Crippen molar-refractivity contribution in [3.8, 4) is 0 Å². The lowest BCUT2D eigenvalue weighted by molar-refractivity contribution is 0.00467. The smallest absolute Gasteiger partial charge is 0.258 e. The van der Waals surface area contributed by atoms with E-state index in [0.29, 0.717) is 31.2 Å². The Kier molecular flexibility index (Phi) is 3.40. The molecular formula is C13H14ClN3O2. The predicted molar refractivity (Wildman–Crippen MR) is 71.6 cm³/mol. The van der Waals surface area contributed by atoms with Gasteiger partial charge in [0.1, 0.15) is 0 Å². The van der Waals surface area contributed by atoms with E-state index in [-0.39, 0.29) is 11.9 Å². The van der Waals surface area contributed by atoms with Crippen molar-refractivity contribution in [2.45, 2.75) is 6.04 Å². The van der Waals surface area contributed by atoms with Gasteiger partial charge in [-0.2, -0.15) is 5.10 Å². The third-order valence-electron chi connectivity index (χ3n) is 3.32. The van der Waals surface area contributed by atoms with Gasteiger partial charge in [-0.1, -0.05) is 6.07 Å². The summed E-state index contributed by atoms with van der Waals surface area (Å²) >= 11 is 5.90. The standard InChI is InChI=1S/C13H14ClN3O2/c14-7-10-9-19-6-5-16(10)13(18)11-8-15-17-4-2-1-3-12(11)17/h1-4,8,10H,5-7,9H2. The van der Waals surface area contributed by atoms with Gasteiger partial charge in [0.25, 0.3) is 5.91 Å². The molecule has 2 aromatic rings. The highest BCUT2D eigenvalue weighted by molar-refractivity contribution is 6.18. The fourth-order valence-corrected chi connectivity index (χ4v) is 2.56. The molecule has 0 bridgehead atoms. The third kappa shape index (κ3) is 2.19. The molecule has 1 unspecified atom stereocenters. The molecule has 1 fully saturated rings. The van der Waals surface area contributed by atoms with Crippen molar-refractivity contribution in [2.75, 3.05) is 25.6 Å². The second kappa shape index (κ2) is 5.19. The number of halogens is 1. The lowest BCUT2D eigenvalue weighted by Gasteiger charge is -2.34. The highest BCUT2D eigenvalue weighted by Gasteiger charge is 2.28. The lowest BCUT2D eigenvalue weighted by Crippen LogP contribution is -2.49. The lowest BCUT2D eigenvalue weighted by atomic mass is 10.2. The van der Waals surface area contributed by atoms with Crippen LogP contribution in [0.4, 0.5) is 0 Å². The first kappa shape index (κ1) is 12.4. The summed E-state index contributed by atoms with van der Waals surface area (Å²) in [6.07, 6.45) is 3.43. The first-order valence-electron chi connectivity index (χ1n) is 6.18. The fraction of sp³-hybridized carbons (Fsp3) is 0.385. The Morgan fingerprint density at radius 2 is 2.42 bits per heavy atom. The fourth-order valence-electron chi connectivity index (χ4n) is 2.30. The Bertz CT molecular complexity index is 598. The molecule has 1 amide bonds. The number of carbonyl (C=O) groups excluding carboxylic acids is 1. The Balaban J connectivity index is 1.94. The maximum atomic E-state index is 12.6. The zero-order valence-corrected chi connectivity index (χ0v) is 11.1. The number of ether oxygens (including phenoxy) is 1. The number of amides is 1. The van der Waals surface area contributed by atoms with Crippen molar-refractivity contribution in [3.63, 3.8) is 0 Å². The largest absolute Gasteiger partial charge is 0.377 e. The van der Waals surface area contributed by atoms with E-state index in [9.17, 15) is 4.79 Å². The molecule has 3 rings (SSSR count). The molecule has 1 atom stereocenters. The minimum absolute atomic E-state index is 0.0323. The molecule has 2 aromatic heterocycles. The van der Waals surface area contributed by atoms with Crippen molar-refractivity contribution in [2.24, 2.45) is 0 Å². The number of hydrogen-bond donors (Lipinski definition) is 0. The molecule has 3 heterocycles. The van der Waals surface area contributed by atoms with Crippen LogP contribution in [0.15, 0.2) is 30.6 Å². The molecule has 5 nitrogen and oxygen atoms in total. The van der Waals surface area contributed by atoms with Crippen molar-refractivity contribution in [3.05, 3.63) is 36.2 Å². The second-order valence-electron chi connectivity index (χ2n) is 4.47. The van der Waals surface area contributed by atoms with E-state index < -0.39 is 0 Å². The number of pyridine rings is 1. The van der Waals surface area contributed by atoms with Crippen LogP contribution in [0.5, 0.6) is 0 Å². The van der Waals surface area contributed by atoms with E-state index in [1.807, 2.05) is 24.4 Å². The molecule has 1 aliphatic rings. The molecular weight excluding hydrogens is 266 g/mol. The van der Waals surface area contributed by atoms with Crippen LogP contribution in [0.25, 0.3) is 5.52 Å². The molecule has 0 N–H and O–H groups in total. The zero-order valence-electron chi connectivity index (χ0n) is 10.3. The van der Waals surface area contributed by atoms with E-state index in [1.54, 1.807) is 15.6 Å². The van der Waals surface area contributed by atoms with Crippen LogP contribution in [-0.4, -0.2) is 52.1 Å². The minimum atomic E-state index is -0.0680. The highest BCUT2D eigenvalue weighted by Crippen LogP contribution is 2.17. The highest BCUT2D eigenvalue weighted by atomic mass is 35.5. The first-order chi connectivity index (χ1) is 9.31. The molecule has 0 aliphatic carbocycles. The summed E-state index contributed by atoms with van der Waals surface area (Å²) in [5.41, 5.74) is 1.42. The van der Waals surface area contributed by atoms with Crippen LogP contribution in [-0.2, 0) is 4.74 Å². The zero-order chi connectivity index (χ0) is 13.2. The molecule has 0 radical (unpaired) electrons. The van der Waals surface area contributed by atoms with Crippen LogP contribution < -0.4 is 0 Å². The predicted octanol–water partition coefficient (Wildman–Crippen LogP) is 1.41. The summed E-state index contributed by atoms with van der Waals surface area (Å²) < 4.78 is 7.06. The molecule has 1 saturated heterocycles. The SMILES string of the molecule is O=C(c1cnn2ccccc12)N1CCOCC1CCl. The van der Waals surface area contributed by atoms with Gasteiger partial charge < -0.3 is 9.64 Å². The van der Waals surface area contributed by atoms with E-state index in [2.05, 4.69) is 5.10 Å². The molecule has 6 heteroatoms. The minimum Gasteiger partial charge on any atom is -0.377 e. The average Bonchev–Trinajstić information content (AvgIpc) is 2.90. The molecule has 100 valence electrons. The van der Waals surface area contributed by atoms with E-state index in [1.165, 1.54) is 0 Å². The Morgan fingerprint density at radius 1 is 1.53 bits per heavy atom. The van der Waals surface area contributed by atoms with Gasteiger partial charge in [-0.05, 0) is 12.1 Å². The van der Waals surface area contributed by atoms with Crippen LogP contribution in [0.1, 0.15) is 10.4 Å². The van der Waals surface area contributed by atoms with Gasteiger partial charge in [0.15, 0.2) is 0 Å². The topological polar surface area (TPSA) is 46.8 Å². The van der Waals surface area contributed by atoms with Crippen molar-refractivity contribution in [1.29, 1.82) is 0 Å². The monoisotopic (exact) mass is 279 g/mol. The van der Waals surface area contributed by atoms with Crippen LogP contribution >= 0.6 is 11.6 Å². The number of fused-ring (bicyclic) bond motifs is 1. The van der Waals surface area contributed by atoms with Gasteiger partial charge in [0.2, 0.25) is 0 Å². The molecule has 0 saturated carbocycles. The van der Waals surface area contributed by atoms with Crippen molar-refractivity contribution < 1.29 is 9.53 Å². The summed E-state index contributed by atoms with van der Waals surface area (Å²) in [5, 5.41) is 4.19. The van der Waals surface area contributed by atoms with Crippen LogP contribution in [0.2, 0.25) is 0 Å². The number of carbonyl (C=O) groups is 1. The van der Waals surface area contributed by atoms with Gasteiger partial charge >= 0.3 is 0 Å². The van der Waals surface area contributed by atoms with Gasteiger partial charge in [0, 0.05) is 18.6 Å².